The first-order chi connectivity index (χ1) is 7.07. The van der Waals surface area contributed by atoms with Crippen LogP contribution in [-0.2, 0) is 0 Å². The normalized spacial score (nSPS) is 11.8. The Balaban J connectivity index is 3.25. The molecule has 0 radical (unpaired) electrons. The molecule has 78 valence electrons. The summed E-state index contributed by atoms with van der Waals surface area (Å²) in [7, 11) is 0. The van der Waals surface area contributed by atoms with Crippen LogP contribution in [0.1, 0.15) is 18.1 Å². The molecule has 0 aliphatic rings. The van der Waals surface area contributed by atoms with E-state index in [9.17, 15) is 19.6 Å². The van der Waals surface area contributed by atoms with Crippen molar-refractivity contribution in [3.63, 3.8) is 0 Å². The minimum absolute atomic E-state index is 0.387. The Bertz CT molecular complexity index is 428. The summed E-state index contributed by atoms with van der Waals surface area (Å²) in [4.78, 5) is 9.73. The van der Waals surface area contributed by atoms with E-state index in [0.717, 1.165) is 12.1 Å². The predicted octanol–water partition coefficient (Wildman–Crippen LogP) is 1.68. The Hall–Kier alpha value is -2.00. The molecule has 0 spiro atoms. The fraction of sp³-hybridized carbons (Fsp3) is 0.222. The highest BCUT2D eigenvalue weighted by molar-refractivity contribution is 5.42. The van der Waals surface area contributed by atoms with Gasteiger partial charge in [-0.15, -0.1) is 0 Å². The molecular weight excluding hydrogens is 203 g/mol. The molecule has 0 saturated heterocycles. The van der Waals surface area contributed by atoms with Gasteiger partial charge in [-0.05, 0) is 6.07 Å². The molecule has 1 N–H and O–H groups in total. The highest BCUT2D eigenvalue weighted by Crippen LogP contribution is 2.29. The second-order valence-electron chi connectivity index (χ2n) is 2.81. The summed E-state index contributed by atoms with van der Waals surface area (Å²) in [6.45, 7) is 0. The van der Waals surface area contributed by atoms with Crippen LogP contribution in [0, 0.1) is 27.3 Å². The first-order valence-corrected chi connectivity index (χ1v) is 4.05. The van der Waals surface area contributed by atoms with E-state index < -0.39 is 28.1 Å². The number of nitriles is 1. The third-order valence-electron chi connectivity index (χ3n) is 1.84. The zero-order valence-electron chi connectivity index (χ0n) is 7.55. The van der Waals surface area contributed by atoms with Crippen molar-refractivity contribution in [1.82, 2.24) is 0 Å². The second-order valence-corrected chi connectivity index (χ2v) is 2.81. The number of hydrogen-bond donors (Lipinski definition) is 1. The Labute approximate surface area is 84.5 Å². The SMILES string of the molecule is N#CCC(O)c1c(F)cccc1[N+](=O)[O-]. The lowest BCUT2D eigenvalue weighted by Crippen LogP contribution is -2.04. The smallest absolute Gasteiger partial charge is 0.278 e. The van der Waals surface area contributed by atoms with Crippen molar-refractivity contribution in [2.75, 3.05) is 0 Å². The fourth-order valence-electron chi connectivity index (χ4n) is 1.20. The summed E-state index contributed by atoms with van der Waals surface area (Å²) in [6, 6.07) is 4.88. The Morgan fingerprint density at radius 2 is 2.33 bits per heavy atom. The fourth-order valence-corrected chi connectivity index (χ4v) is 1.20. The Morgan fingerprint density at radius 3 is 2.87 bits per heavy atom. The van der Waals surface area contributed by atoms with Gasteiger partial charge >= 0.3 is 0 Å². The molecule has 5 nitrogen and oxygen atoms in total. The molecule has 0 aliphatic carbocycles. The molecule has 1 aromatic rings. The minimum atomic E-state index is -1.48. The Morgan fingerprint density at radius 1 is 1.67 bits per heavy atom. The van der Waals surface area contributed by atoms with Crippen LogP contribution in [0.4, 0.5) is 10.1 Å². The van der Waals surface area contributed by atoms with Crippen molar-refractivity contribution in [2.45, 2.75) is 12.5 Å². The van der Waals surface area contributed by atoms with Crippen LogP contribution in [0.15, 0.2) is 18.2 Å². The Kier molecular flexibility index (Phi) is 3.31. The molecule has 0 saturated carbocycles. The van der Waals surface area contributed by atoms with E-state index in [2.05, 4.69) is 0 Å². The molecule has 0 amide bonds. The van der Waals surface area contributed by atoms with Gasteiger partial charge in [-0.25, -0.2) is 4.39 Å². The average Bonchev–Trinajstić information content (AvgIpc) is 2.17. The molecule has 1 rings (SSSR count). The first-order valence-electron chi connectivity index (χ1n) is 4.05. The molecule has 1 atom stereocenters. The maximum Gasteiger partial charge on any atom is 0.278 e. The van der Waals surface area contributed by atoms with Gasteiger partial charge in [0.2, 0.25) is 0 Å². The maximum absolute atomic E-state index is 13.2. The summed E-state index contributed by atoms with van der Waals surface area (Å²) in [5, 5.41) is 28.2. The van der Waals surface area contributed by atoms with Crippen LogP contribution < -0.4 is 0 Å². The van der Waals surface area contributed by atoms with Crippen molar-refractivity contribution >= 4 is 5.69 Å². The molecule has 0 heterocycles. The summed E-state index contributed by atoms with van der Waals surface area (Å²) in [5.41, 5.74) is -0.957. The molecule has 0 bridgehead atoms. The van der Waals surface area contributed by atoms with Gasteiger partial charge < -0.3 is 5.11 Å². The van der Waals surface area contributed by atoms with Gasteiger partial charge in [-0.2, -0.15) is 5.26 Å². The van der Waals surface area contributed by atoms with Gasteiger partial charge in [0, 0.05) is 6.07 Å². The van der Waals surface area contributed by atoms with E-state index in [0.29, 0.717) is 0 Å². The van der Waals surface area contributed by atoms with Gasteiger partial charge in [0.15, 0.2) is 0 Å². The van der Waals surface area contributed by atoms with Gasteiger partial charge in [0.1, 0.15) is 11.9 Å². The van der Waals surface area contributed by atoms with Crippen molar-refractivity contribution in [1.29, 1.82) is 5.26 Å². The van der Waals surface area contributed by atoms with Gasteiger partial charge in [0.05, 0.1) is 23.0 Å². The van der Waals surface area contributed by atoms with E-state index >= 15 is 0 Å². The standard InChI is InChI=1S/C9H7FN2O3/c10-6-2-1-3-7(12(14)15)9(6)8(13)4-5-11/h1-3,8,13H,4H2. The highest BCUT2D eigenvalue weighted by atomic mass is 19.1. The van der Waals surface area contributed by atoms with Crippen molar-refractivity contribution in [3.05, 3.63) is 39.7 Å². The lowest BCUT2D eigenvalue weighted by atomic mass is 10.0. The van der Waals surface area contributed by atoms with Crippen LogP contribution in [0.5, 0.6) is 0 Å². The molecular formula is C9H7FN2O3. The third kappa shape index (κ3) is 2.27. The average molecular weight is 210 g/mol. The van der Waals surface area contributed by atoms with Gasteiger partial charge in [-0.3, -0.25) is 10.1 Å². The predicted molar refractivity (Wildman–Crippen MR) is 48.2 cm³/mol. The largest absolute Gasteiger partial charge is 0.387 e. The van der Waals surface area contributed by atoms with Crippen LogP contribution >= 0.6 is 0 Å². The highest BCUT2D eigenvalue weighted by Gasteiger charge is 2.23. The lowest BCUT2D eigenvalue weighted by molar-refractivity contribution is -0.386. The van der Waals surface area contributed by atoms with Crippen molar-refractivity contribution < 1.29 is 14.4 Å². The summed E-state index contributed by atoms with van der Waals surface area (Å²) < 4.78 is 13.2. The molecule has 0 aromatic heterocycles. The number of aliphatic hydroxyl groups is 1. The topological polar surface area (TPSA) is 87.2 Å². The number of halogens is 1. The zero-order valence-corrected chi connectivity index (χ0v) is 7.55. The number of benzene rings is 1. The number of rotatable bonds is 3. The van der Waals surface area contributed by atoms with E-state index in [1.807, 2.05) is 0 Å². The van der Waals surface area contributed by atoms with Crippen molar-refractivity contribution in [2.24, 2.45) is 0 Å². The summed E-state index contributed by atoms with van der Waals surface area (Å²) >= 11 is 0. The van der Waals surface area contributed by atoms with E-state index in [1.54, 1.807) is 6.07 Å². The van der Waals surface area contributed by atoms with Crippen LogP contribution in [0.3, 0.4) is 0 Å². The van der Waals surface area contributed by atoms with E-state index in [-0.39, 0.29) is 6.42 Å². The number of nitrogens with zero attached hydrogens (tertiary/aromatic N) is 2. The molecule has 1 aromatic carbocycles. The van der Waals surface area contributed by atoms with Gasteiger partial charge in [0.25, 0.3) is 5.69 Å². The van der Waals surface area contributed by atoms with Crippen LogP contribution in [0.2, 0.25) is 0 Å². The molecule has 0 aliphatic heterocycles. The first kappa shape index (κ1) is 11.1. The molecule has 6 heteroatoms. The van der Waals surface area contributed by atoms with E-state index in [4.69, 9.17) is 5.26 Å². The quantitative estimate of drug-likeness (QED) is 0.607. The molecule has 1 unspecified atom stereocenters. The second kappa shape index (κ2) is 4.48. The third-order valence-corrected chi connectivity index (χ3v) is 1.84. The molecule has 0 fully saturated rings. The maximum atomic E-state index is 13.2. The number of nitro benzene ring substituents is 1. The minimum Gasteiger partial charge on any atom is -0.387 e. The number of hydrogen-bond acceptors (Lipinski definition) is 4. The molecule has 15 heavy (non-hydrogen) atoms. The van der Waals surface area contributed by atoms with Crippen LogP contribution in [-0.4, -0.2) is 10.0 Å². The summed E-state index contributed by atoms with van der Waals surface area (Å²) in [6.07, 6.45) is -1.86. The number of nitro groups is 1. The van der Waals surface area contributed by atoms with Gasteiger partial charge in [-0.1, -0.05) is 6.07 Å². The van der Waals surface area contributed by atoms with Crippen LogP contribution in [0.25, 0.3) is 0 Å². The lowest BCUT2D eigenvalue weighted by Gasteiger charge is -2.08. The monoisotopic (exact) mass is 210 g/mol. The van der Waals surface area contributed by atoms with E-state index in [1.165, 1.54) is 6.07 Å². The number of aliphatic hydroxyl groups excluding tert-OH is 1. The van der Waals surface area contributed by atoms with Crippen molar-refractivity contribution in [3.8, 4) is 6.07 Å². The summed E-state index contributed by atoms with van der Waals surface area (Å²) in [5.74, 6) is -0.882. The zero-order chi connectivity index (χ0) is 11.4.